The molecule has 70 valence electrons. The van der Waals surface area contributed by atoms with Gasteiger partial charge in [0.2, 0.25) is 0 Å². The number of Topliss-reactive ketones (excluding diaryl/α,β-unsaturated/α-hetero) is 2. The van der Waals surface area contributed by atoms with Crippen molar-refractivity contribution in [1.29, 1.82) is 0 Å². The molecule has 12 heavy (non-hydrogen) atoms. The third-order valence-corrected chi connectivity index (χ3v) is 1.54. The van der Waals surface area contributed by atoms with E-state index in [9.17, 15) is 9.59 Å². The Morgan fingerprint density at radius 3 is 1.67 bits per heavy atom. The van der Waals surface area contributed by atoms with Gasteiger partial charge < -0.3 is 9.47 Å². The fraction of sp³-hybridized carbons (Fsp3) is 0.750. The maximum atomic E-state index is 11.1. The average molecular weight is 174 g/mol. The highest BCUT2D eigenvalue weighted by Gasteiger charge is 2.20. The number of hydrogen-bond acceptors (Lipinski definition) is 4. The standard InChI is InChI=1S/C8H14O4/c1-6(7(9)4-11-2)8(10)5-12-3/h6H,4-5H2,1-3H3. The second-order valence-electron chi connectivity index (χ2n) is 2.52. The molecule has 4 nitrogen and oxygen atoms in total. The molecule has 0 unspecified atom stereocenters. The third-order valence-electron chi connectivity index (χ3n) is 1.54. The van der Waals surface area contributed by atoms with Gasteiger partial charge in [0.15, 0.2) is 11.6 Å². The molecule has 0 aliphatic carbocycles. The van der Waals surface area contributed by atoms with Crippen molar-refractivity contribution in [2.45, 2.75) is 6.92 Å². The molecule has 0 N–H and O–H groups in total. The van der Waals surface area contributed by atoms with E-state index in [1.54, 1.807) is 6.92 Å². The van der Waals surface area contributed by atoms with Crippen LogP contribution in [0.2, 0.25) is 0 Å². The molecule has 0 atom stereocenters. The van der Waals surface area contributed by atoms with E-state index in [1.165, 1.54) is 14.2 Å². The van der Waals surface area contributed by atoms with Crippen molar-refractivity contribution in [3.63, 3.8) is 0 Å². The van der Waals surface area contributed by atoms with Gasteiger partial charge in [-0.25, -0.2) is 0 Å². The summed E-state index contributed by atoms with van der Waals surface area (Å²) < 4.78 is 9.22. The predicted octanol–water partition coefficient (Wildman–Crippen LogP) is 0.0535. The maximum Gasteiger partial charge on any atom is 0.168 e. The van der Waals surface area contributed by atoms with Crippen molar-refractivity contribution in [3.8, 4) is 0 Å². The predicted molar refractivity (Wildman–Crippen MR) is 42.9 cm³/mol. The summed E-state index contributed by atoms with van der Waals surface area (Å²) in [4.78, 5) is 22.1. The molecule has 0 aliphatic heterocycles. The van der Waals surface area contributed by atoms with Gasteiger partial charge in [-0.05, 0) is 6.92 Å². The van der Waals surface area contributed by atoms with Crippen molar-refractivity contribution in [2.75, 3.05) is 27.4 Å². The topological polar surface area (TPSA) is 52.6 Å². The Labute approximate surface area is 71.8 Å². The first-order valence-corrected chi connectivity index (χ1v) is 3.66. The van der Waals surface area contributed by atoms with Crippen LogP contribution in [0.3, 0.4) is 0 Å². The summed E-state index contributed by atoms with van der Waals surface area (Å²) in [6.07, 6.45) is 0. The molecular formula is C8H14O4. The monoisotopic (exact) mass is 174 g/mol. The molecule has 0 amide bonds. The first-order chi connectivity index (χ1) is 5.63. The van der Waals surface area contributed by atoms with Gasteiger partial charge in [-0.1, -0.05) is 0 Å². The molecule has 0 radical (unpaired) electrons. The average Bonchev–Trinajstić information content (AvgIpc) is 2.04. The molecule has 0 aliphatic rings. The number of hydrogen-bond donors (Lipinski definition) is 0. The smallest absolute Gasteiger partial charge is 0.168 e. The van der Waals surface area contributed by atoms with E-state index in [1.807, 2.05) is 0 Å². The molecule has 0 bridgehead atoms. The first kappa shape index (κ1) is 11.3. The number of methoxy groups -OCH3 is 2. The van der Waals surface area contributed by atoms with Crippen LogP contribution in [0.1, 0.15) is 6.92 Å². The fourth-order valence-corrected chi connectivity index (χ4v) is 0.714. The zero-order chi connectivity index (χ0) is 9.56. The van der Waals surface area contributed by atoms with Crippen LogP contribution in [-0.4, -0.2) is 39.0 Å². The minimum Gasteiger partial charge on any atom is -0.377 e. The van der Waals surface area contributed by atoms with E-state index in [0.717, 1.165) is 0 Å². The zero-order valence-corrected chi connectivity index (χ0v) is 7.62. The Kier molecular flexibility index (Phi) is 5.49. The second-order valence-corrected chi connectivity index (χ2v) is 2.52. The van der Waals surface area contributed by atoms with Crippen LogP contribution in [-0.2, 0) is 19.1 Å². The summed E-state index contributed by atoms with van der Waals surface area (Å²) in [7, 11) is 2.84. The Bertz CT molecular complexity index is 146. The third kappa shape index (κ3) is 3.59. The summed E-state index contributed by atoms with van der Waals surface area (Å²) >= 11 is 0. The minimum absolute atomic E-state index is 0.0172. The van der Waals surface area contributed by atoms with Crippen LogP contribution in [0.4, 0.5) is 0 Å². The fourth-order valence-electron chi connectivity index (χ4n) is 0.714. The maximum absolute atomic E-state index is 11.1. The van der Waals surface area contributed by atoms with Crippen LogP contribution < -0.4 is 0 Å². The molecule has 0 rings (SSSR count). The number of carbonyl (C=O) groups excluding carboxylic acids is 2. The van der Waals surface area contributed by atoms with E-state index in [4.69, 9.17) is 0 Å². The van der Waals surface area contributed by atoms with Gasteiger partial charge in [0.25, 0.3) is 0 Å². The van der Waals surface area contributed by atoms with Gasteiger partial charge in [-0.3, -0.25) is 9.59 Å². The first-order valence-electron chi connectivity index (χ1n) is 3.66. The van der Waals surface area contributed by atoms with Gasteiger partial charge in [0.1, 0.15) is 13.2 Å². The molecule has 0 saturated carbocycles. The van der Waals surface area contributed by atoms with E-state index < -0.39 is 5.92 Å². The van der Waals surface area contributed by atoms with Crippen molar-refractivity contribution in [3.05, 3.63) is 0 Å². The van der Waals surface area contributed by atoms with Crippen molar-refractivity contribution in [2.24, 2.45) is 5.92 Å². The van der Waals surface area contributed by atoms with Crippen molar-refractivity contribution in [1.82, 2.24) is 0 Å². The van der Waals surface area contributed by atoms with E-state index in [0.29, 0.717) is 0 Å². The van der Waals surface area contributed by atoms with Gasteiger partial charge in [-0.15, -0.1) is 0 Å². The lowest BCUT2D eigenvalue weighted by molar-refractivity contribution is -0.136. The van der Waals surface area contributed by atoms with Gasteiger partial charge in [0.05, 0.1) is 5.92 Å². The number of rotatable bonds is 6. The summed E-state index contributed by atoms with van der Waals surface area (Å²) in [6.45, 7) is 1.52. The Morgan fingerprint density at radius 1 is 1.08 bits per heavy atom. The minimum atomic E-state index is -0.620. The number of carbonyl (C=O) groups is 2. The van der Waals surface area contributed by atoms with E-state index >= 15 is 0 Å². The highest BCUT2D eigenvalue weighted by atomic mass is 16.5. The molecule has 4 heteroatoms. The lowest BCUT2D eigenvalue weighted by atomic mass is 10.0. The van der Waals surface area contributed by atoms with Crippen LogP contribution in [0.15, 0.2) is 0 Å². The molecule has 0 aromatic heterocycles. The summed E-state index contributed by atoms with van der Waals surface area (Å²) in [5.41, 5.74) is 0. The van der Waals surface area contributed by atoms with Crippen LogP contribution in [0.25, 0.3) is 0 Å². The summed E-state index contributed by atoms with van der Waals surface area (Å²) in [6, 6.07) is 0. The SMILES string of the molecule is COCC(=O)C(C)C(=O)COC. The molecular weight excluding hydrogens is 160 g/mol. The van der Waals surface area contributed by atoms with Crippen LogP contribution in [0.5, 0.6) is 0 Å². The highest BCUT2D eigenvalue weighted by Crippen LogP contribution is 1.99. The van der Waals surface area contributed by atoms with Gasteiger partial charge >= 0.3 is 0 Å². The Hall–Kier alpha value is -0.740. The molecule has 0 saturated heterocycles. The van der Waals surface area contributed by atoms with Crippen LogP contribution >= 0.6 is 0 Å². The van der Waals surface area contributed by atoms with E-state index in [-0.39, 0.29) is 24.8 Å². The molecule has 0 aromatic carbocycles. The molecule has 0 spiro atoms. The molecule has 0 heterocycles. The van der Waals surface area contributed by atoms with Crippen molar-refractivity contribution >= 4 is 11.6 Å². The number of ketones is 2. The Morgan fingerprint density at radius 2 is 1.42 bits per heavy atom. The lowest BCUT2D eigenvalue weighted by Crippen LogP contribution is -2.27. The Balaban J connectivity index is 3.91. The lowest BCUT2D eigenvalue weighted by Gasteiger charge is -2.07. The highest BCUT2D eigenvalue weighted by molar-refractivity contribution is 6.03. The number of ether oxygens (including phenoxy) is 2. The zero-order valence-electron chi connectivity index (χ0n) is 7.62. The summed E-state index contributed by atoms with van der Waals surface area (Å²) in [5, 5.41) is 0. The van der Waals surface area contributed by atoms with Gasteiger partial charge in [0, 0.05) is 14.2 Å². The quantitative estimate of drug-likeness (QED) is 0.534. The van der Waals surface area contributed by atoms with Crippen LogP contribution in [0, 0.1) is 5.92 Å². The normalized spacial score (nSPS) is 10.3. The second kappa shape index (κ2) is 5.85. The summed E-state index contributed by atoms with van der Waals surface area (Å²) in [5.74, 6) is -1.04. The molecule has 0 aromatic rings. The van der Waals surface area contributed by atoms with Crippen molar-refractivity contribution < 1.29 is 19.1 Å². The van der Waals surface area contributed by atoms with E-state index in [2.05, 4.69) is 9.47 Å². The largest absolute Gasteiger partial charge is 0.377 e. The van der Waals surface area contributed by atoms with Gasteiger partial charge in [-0.2, -0.15) is 0 Å². The molecule has 0 fully saturated rings.